The van der Waals surface area contributed by atoms with Crippen molar-refractivity contribution < 1.29 is 114 Å². The number of unbranched alkanes of at least 4 members (excludes halogenated alkanes) is 11. The predicted octanol–water partition coefficient (Wildman–Crippen LogP) is -4.42. The first-order valence-corrected chi connectivity index (χ1v) is 30.9. The second-order valence-corrected chi connectivity index (χ2v) is 21.6. The number of amides is 2. The summed E-state index contributed by atoms with van der Waals surface area (Å²) in [6.45, 7) is 0.599. The average Bonchev–Trinajstić information content (AvgIpc) is 0.794. The van der Waals surface area contributed by atoms with Crippen LogP contribution in [-0.4, -0.2) is 246 Å². The smallest absolute Gasteiger partial charge is 0.297 e. The summed E-state index contributed by atoms with van der Waals surface area (Å²) in [7, 11) is 0. The van der Waals surface area contributed by atoms with E-state index in [2.05, 4.69) is 160 Å². The van der Waals surface area contributed by atoms with Gasteiger partial charge in [0.05, 0.1) is 45.2 Å². The van der Waals surface area contributed by atoms with Gasteiger partial charge in [0, 0.05) is 48.4 Å². The molecule has 0 spiro atoms. The molecule has 0 aromatic heterocycles. The topological polar surface area (TPSA) is 395 Å². The van der Waals surface area contributed by atoms with E-state index < -0.39 is 180 Å². The monoisotopic (exact) mass is 1320 g/mol. The number of hydrogen-bond acceptors (Lipinski definition) is 23. The molecule has 2 amide bonds. The van der Waals surface area contributed by atoms with Crippen molar-refractivity contribution in [2.24, 2.45) is 0 Å². The number of nitrogens with one attached hydrogen (secondary N) is 2. The Morgan fingerprint density at radius 1 is 0.453 bits per heavy atom. The van der Waals surface area contributed by atoms with Crippen LogP contribution >= 0.6 is 0 Å². The molecule has 0 aromatic rings. The average molecular weight is 1320 g/mol. The summed E-state index contributed by atoms with van der Waals surface area (Å²) >= 11 is 0. The van der Waals surface area contributed by atoms with Crippen LogP contribution in [0.4, 0.5) is 0 Å². The van der Waals surface area contributed by atoms with Crippen LogP contribution in [0.3, 0.4) is 0 Å². The highest BCUT2D eigenvalue weighted by atomic mass is 16.8. The number of hydrogen-bond donors (Lipinski definition) is 15. The molecule has 25 heteroatoms. The molecule has 0 aliphatic carbocycles. The summed E-state index contributed by atoms with van der Waals surface area (Å²) in [5.41, 5.74) is 0. The van der Waals surface area contributed by atoms with Crippen molar-refractivity contribution in [2.45, 2.75) is 233 Å². The molecule has 4 heterocycles. The third-order valence-electron chi connectivity index (χ3n) is 14.7. The summed E-state index contributed by atoms with van der Waals surface area (Å²) in [4.78, 5) is 25.2. The Morgan fingerprint density at radius 2 is 0.842 bits per heavy atom. The van der Waals surface area contributed by atoms with Crippen LogP contribution in [-0.2, 0) is 47.5 Å². The molecule has 0 aromatic carbocycles. The molecule has 25 nitrogen and oxygen atoms in total. The van der Waals surface area contributed by atoms with Crippen LogP contribution < -0.4 is 10.6 Å². The van der Waals surface area contributed by atoms with Gasteiger partial charge in [0.1, 0.15) is 97.6 Å². The molecule has 95 heavy (non-hydrogen) atoms. The van der Waals surface area contributed by atoms with Gasteiger partial charge in [-0.3, -0.25) is 9.59 Å². The van der Waals surface area contributed by atoms with Crippen LogP contribution in [0.1, 0.15) is 97.8 Å². The third kappa shape index (κ3) is 27.7. The summed E-state index contributed by atoms with van der Waals surface area (Å²) in [6, 6.07) is -2.83. The van der Waals surface area contributed by atoms with Gasteiger partial charge in [-0.15, -0.1) is 0 Å². The number of aliphatic hydroxyl groups excluding tert-OH is 13. The second kappa shape index (κ2) is 45.9. The third-order valence-corrected chi connectivity index (χ3v) is 14.7. The Labute approximate surface area is 554 Å². The molecular formula is C70H82N2O23. The van der Waals surface area contributed by atoms with E-state index in [1.165, 1.54) is 51.0 Å². The van der Waals surface area contributed by atoms with E-state index >= 15 is 0 Å². The zero-order chi connectivity index (χ0) is 69.3. The molecule has 4 fully saturated rings. The quantitative estimate of drug-likeness (QED) is 0.0191. The van der Waals surface area contributed by atoms with Gasteiger partial charge >= 0.3 is 0 Å². The number of ether oxygens (including phenoxy) is 8. The van der Waals surface area contributed by atoms with Gasteiger partial charge < -0.3 is 115 Å². The molecule has 4 saturated heterocycles. The highest BCUT2D eigenvalue weighted by Gasteiger charge is 2.56. The van der Waals surface area contributed by atoms with Gasteiger partial charge in [0.25, 0.3) is 5.91 Å². The summed E-state index contributed by atoms with van der Waals surface area (Å²) < 4.78 is 46.1. The fourth-order valence-electron chi connectivity index (χ4n) is 9.76. The minimum atomic E-state index is -2.16. The molecule has 0 saturated carbocycles. The molecule has 0 radical (unpaired) electrons. The highest BCUT2D eigenvalue weighted by Crippen LogP contribution is 2.35. The first-order valence-electron chi connectivity index (χ1n) is 30.9. The Bertz CT molecular complexity index is 3290. The maximum Gasteiger partial charge on any atom is 0.297 e. The van der Waals surface area contributed by atoms with Gasteiger partial charge in [-0.05, 0) is 114 Å². The summed E-state index contributed by atoms with van der Waals surface area (Å²) in [6.07, 6.45) is -20.5. The Balaban J connectivity index is 1.43. The SMILES string of the molecule is CC#CC#CC#CC#CC#CC#CC#CC#CC#CC#CC#CC#CC(=O)N[C@@H](COC1OC(CO)C(OC2OC(CO)C(O)C(OC3OC(CO)C(O)C(OC4OC(CO)C(O)C(O)C4NC(C)=O)C3O)C2O)C(O)C1O)[C@H](O)C=CCCCCCCCCCCCCC. The van der Waals surface area contributed by atoms with E-state index in [0.29, 0.717) is 6.42 Å². The van der Waals surface area contributed by atoms with Gasteiger partial charge in [0.2, 0.25) is 5.91 Å². The maximum absolute atomic E-state index is 13.1. The lowest BCUT2D eigenvalue weighted by Crippen LogP contribution is -2.69. The van der Waals surface area contributed by atoms with E-state index in [-0.39, 0.29) is 0 Å². The Kier molecular flexibility index (Phi) is 38.6. The van der Waals surface area contributed by atoms with Crippen LogP contribution in [0.5, 0.6) is 0 Å². The van der Waals surface area contributed by atoms with E-state index in [1.807, 2.05) is 0 Å². The number of carbonyl (C=O) groups excluding carboxylic acids is 2. The van der Waals surface area contributed by atoms with Crippen molar-refractivity contribution in [3.05, 3.63) is 12.2 Å². The van der Waals surface area contributed by atoms with Crippen LogP contribution in [0.15, 0.2) is 12.2 Å². The van der Waals surface area contributed by atoms with Crippen molar-refractivity contribution in [1.29, 1.82) is 0 Å². The molecule has 4 aliphatic rings. The minimum Gasteiger partial charge on any atom is -0.394 e. The molecule has 4 aliphatic heterocycles. The molecule has 15 N–H and O–H groups in total. The van der Waals surface area contributed by atoms with E-state index in [0.717, 1.165) is 32.6 Å². The van der Waals surface area contributed by atoms with E-state index in [9.17, 15) is 76.0 Å². The predicted molar refractivity (Wildman–Crippen MR) is 336 cm³/mol. The molecular weight excluding hydrogens is 1240 g/mol. The van der Waals surface area contributed by atoms with E-state index in [4.69, 9.17) is 37.9 Å². The Morgan fingerprint density at radius 3 is 1.28 bits per heavy atom. The lowest BCUT2D eigenvalue weighted by molar-refractivity contribution is -0.387. The van der Waals surface area contributed by atoms with Gasteiger partial charge in [-0.2, -0.15) is 0 Å². The second-order valence-electron chi connectivity index (χ2n) is 21.6. The first-order chi connectivity index (χ1) is 46.0. The van der Waals surface area contributed by atoms with Crippen LogP contribution in [0.25, 0.3) is 0 Å². The molecule has 510 valence electrons. The zero-order valence-corrected chi connectivity index (χ0v) is 52.8. The first kappa shape index (κ1) is 80.0. The summed E-state index contributed by atoms with van der Waals surface area (Å²) in [5.74, 6) is 57.6. The lowest BCUT2D eigenvalue weighted by atomic mass is 9.95. The standard InChI is InChI=1S/C70H82N2O23/c1-4-6-8-10-12-14-16-18-19-20-21-22-23-24-25-26-27-29-31-33-35-37-39-41-54(79)72-48(49(78)40-38-36-34-32-30-28-17-15-13-11-9-7-5-2)46-88-68-61(85)60(84)64(53(45-76)92-68)93-69-63(87)66(58(82)52(44-75)90-69)95-70-62(86)65(57(81)51(43-74)91-70)94-67-55(71-47(3)77)59(83)56(80)50(42-73)89-67/h38,40,48-53,55-70,73-76,78,80-87H,5,7,9,11,13,15,17,28,30,32,34,36,42-46H2,1-3H3,(H,71,77)(H,72,79)/t48-,49+,50?,51?,52?,53?,55?,56?,57?,58?,59?,60?,61?,62?,63?,64?,65?,66?,67?,68?,69?,70?/m0/s1. The molecule has 20 unspecified atom stereocenters. The highest BCUT2D eigenvalue weighted by molar-refractivity contribution is 5.94. The number of aliphatic hydroxyl groups is 13. The number of allylic oxidation sites excluding steroid dienone is 1. The summed E-state index contributed by atoms with van der Waals surface area (Å²) in [5, 5.41) is 147. The van der Waals surface area contributed by atoms with Crippen molar-refractivity contribution in [3.63, 3.8) is 0 Å². The van der Waals surface area contributed by atoms with Crippen molar-refractivity contribution in [1.82, 2.24) is 10.6 Å². The normalized spacial score (nSPS) is 30.0. The molecule has 0 bridgehead atoms. The van der Waals surface area contributed by atoms with E-state index in [1.54, 1.807) is 13.0 Å². The fraction of sp³-hybridized carbons (Fsp3) is 0.600. The van der Waals surface area contributed by atoms with Crippen LogP contribution in [0.2, 0.25) is 0 Å². The van der Waals surface area contributed by atoms with Gasteiger partial charge in [-0.25, -0.2) is 0 Å². The van der Waals surface area contributed by atoms with Crippen molar-refractivity contribution in [3.8, 4) is 142 Å². The zero-order valence-electron chi connectivity index (χ0n) is 52.8. The number of rotatable bonds is 29. The fourth-order valence-corrected chi connectivity index (χ4v) is 9.76. The van der Waals surface area contributed by atoms with Crippen molar-refractivity contribution >= 4 is 11.8 Å². The largest absolute Gasteiger partial charge is 0.394 e. The number of carbonyl (C=O) groups is 2. The van der Waals surface area contributed by atoms with Gasteiger partial charge in [-0.1, -0.05) is 89.2 Å². The van der Waals surface area contributed by atoms with Crippen LogP contribution in [0, 0.1) is 142 Å². The lowest BCUT2D eigenvalue weighted by Gasteiger charge is -2.49. The maximum atomic E-state index is 13.1. The molecule has 22 atom stereocenters. The molecule has 4 rings (SSSR count). The van der Waals surface area contributed by atoms with Crippen molar-refractivity contribution in [2.75, 3.05) is 33.0 Å². The van der Waals surface area contributed by atoms with Gasteiger partial charge in [0.15, 0.2) is 25.2 Å². The minimum absolute atomic E-state index is 0.589. The Hall–Kier alpha value is -7.44.